The minimum Gasteiger partial charge on any atom is -0.326 e. The summed E-state index contributed by atoms with van der Waals surface area (Å²) in [6.07, 6.45) is 0. The molecule has 20 heavy (non-hydrogen) atoms. The van der Waals surface area contributed by atoms with Crippen LogP contribution in [0, 0.1) is 0 Å². The van der Waals surface area contributed by atoms with Crippen molar-refractivity contribution in [1.82, 2.24) is 4.72 Å². The summed E-state index contributed by atoms with van der Waals surface area (Å²) in [6, 6.07) is 7.42. The summed E-state index contributed by atoms with van der Waals surface area (Å²) in [7, 11) is -3.27. The van der Waals surface area contributed by atoms with Crippen LogP contribution < -0.4 is 10.5 Å². The van der Waals surface area contributed by atoms with E-state index in [1.165, 1.54) is 5.75 Å². The smallest absolute Gasteiger partial charge is 0.215 e. The molecule has 1 aromatic rings. The third-order valence-electron chi connectivity index (χ3n) is 3.00. The van der Waals surface area contributed by atoms with Gasteiger partial charge in [0.25, 0.3) is 0 Å². The average molecular weight is 333 g/mol. The number of benzene rings is 1. The summed E-state index contributed by atoms with van der Waals surface area (Å²) in [4.78, 5) is 0. The van der Waals surface area contributed by atoms with E-state index >= 15 is 0 Å². The van der Waals surface area contributed by atoms with Gasteiger partial charge < -0.3 is 5.73 Å². The molecule has 2 rings (SSSR count). The third-order valence-corrected chi connectivity index (χ3v) is 7.16. The highest BCUT2D eigenvalue weighted by molar-refractivity contribution is 8.06. The fourth-order valence-electron chi connectivity index (χ4n) is 1.99. The first-order chi connectivity index (χ1) is 9.59. The maximum absolute atomic E-state index is 12.1. The number of nitrogens with one attached hydrogen (secondary N) is 1. The Morgan fingerprint density at radius 1 is 1.30 bits per heavy atom. The van der Waals surface area contributed by atoms with Gasteiger partial charge in [-0.25, -0.2) is 13.1 Å². The second kappa shape index (κ2) is 7.70. The van der Waals surface area contributed by atoms with Crippen LogP contribution in [0.5, 0.6) is 0 Å². The zero-order valence-corrected chi connectivity index (χ0v) is 13.7. The van der Waals surface area contributed by atoms with Gasteiger partial charge in [-0.1, -0.05) is 24.3 Å². The lowest BCUT2D eigenvalue weighted by molar-refractivity contribution is 0.580. The molecule has 0 aromatic heterocycles. The summed E-state index contributed by atoms with van der Waals surface area (Å²) in [5, 5.41) is 0.388. The van der Waals surface area contributed by atoms with Crippen LogP contribution in [0.2, 0.25) is 0 Å². The van der Waals surface area contributed by atoms with Gasteiger partial charge in [-0.3, -0.25) is 0 Å². The molecule has 0 aliphatic carbocycles. The predicted octanol–water partition coefficient (Wildman–Crippen LogP) is 1.41. The van der Waals surface area contributed by atoms with E-state index in [0.717, 1.165) is 22.6 Å². The molecule has 1 aliphatic heterocycles. The van der Waals surface area contributed by atoms with Gasteiger partial charge in [0.05, 0.1) is 5.75 Å². The number of sulfonamides is 1. The molecule has 1 heterocycles. The topological polar surface area (TPSA) is 72.2 Å². The van der Waals surface area contributed by atoms with E-state index in [-0.39, 0.29) is 5.75 Å². The van der Waals surface area contributed by atoms with Gasteiger partial charge >= 0.3 is 0 Å². The standard InChI is InChI=1S/C13H20N2O2S3/c14-7-11-2-1-3-12(6-11)10-20(16,17)15-8-13-9-18-4-5-19-13/h1-3,6,13,15H,4-5,7-10,14H2. The van der Waals surface area contributed by atoms with Gasteiger partial charge in [-0.05, 0) is 11.1 Å². The highest BCUT2D eigenvalue weighted by Gasteiger charge is 2.18. The van der Waals surface area contributed by atoms with E-state index < -0.39 is 10.0 Å². The first kappa shape index (κ1) is 16.2. The first-order valence-corrected chi connectivity index (χ1v) is 10.4. The van der Waals surface area contributed by atoms with Crippen LogP contribution >= 0.6 is 23.5 Å². The zero-order chi connectivity index (χ0) is 14.4. The molecule has 1 saturated heterocycles. The lowest BCUT2D eigenvalue weighted by Crippen LogP contribution is -2.34. The average Bonchev–Trinajstić information content (AvgIpc) is 2.46. The van der Waals surface area contributed by atoms with Gasteiger partial charge in [-0.2, -0.15) is 23.5 Å². The normalized spacial score (nSPS) is 19.9. The van der Waals surface area contributed by atoms with Gasteiger partial charge in [0.1, 0.15) is 0 Å². The molecule has 1 aliphatic rings. The monoisotopic (exact) mass is 332 g/mol. The fourth-order valence-corrected chi connectivity index (χ4v) is 5.88. The highest BCUT2D eigenvalue weighted by Crippen LogP contribution is 2.23. The summed E-state index contributed by atoms with van der Waals surface area (Å²) >= 11 is 3.74. The van der Waals surface area contributed by atoms with Gasteiger partial charge in [0.15, 0.2) is 0 Å². The number of hydrogen-bond acceptors (Lipinski definition) is 5. The van der Waals surface area contributed by atoms with Crippen molar-refractivity contribution in [2.45, 2.75) is 17.5 Å². The van der Waals surface area contributed by atoms with E-state index in [9.17, 15) is 8.42 Å². The summed E-state index contributed by atoms with van der Waals surface area (Å²) in [5.74, 6) is 3.32. The van der Waals surface area contributed by atoms with Crippen molar-refractivity contribution in [2.75, 3.05) is 23.8 Å². The molecule has 1 atom stereocenters. The number of thioether (sulfide) groups is 2. The van der Waals surface area contributed by atoms with Crippen molar-refractivity contribution in [3.8, 4) is 0 Å². The molecule has 0 radical (unpaired) electrons. The van der Waals surface area contributed by atoms with Crippen molar-refractivity contribution in [3.05, 3.63) is 35.4 Å². The molecular formula is C13H20N2O2S3. The third kappa shape index (κ3) is 5.29. The summed E-state index contributed by atoms with van der Waals surface area (Å²) < 4.78 is 26.9. The van der Waals surface area contributed by atoms with Gasteiger partial charge in [-0.15, -0.1) is 0 Å². The Balaban J connectivity index is 1.89. The lowest BCUT2D eigenvalue weighted by atomic mass is 10.1. The number of nitrogens with two attached hydrogens (primary N) is 1. The van der Waals surface area contributed by atoms with E-state index in [0.29, 0.717) is 18.3 Å². The number of rotatable bonds is 6. The molecule has 0 bridgehead atoms. The van der Waals surface area contributed by atoms with Crippen molar-refractivity contribution in [3.63, 3.8) is 0 Å². The largest absolute Gasteiger partial charge is 0.326 e. The number of hydrogen-bond donors (Lipinski definition) is 2. The second-order valence-electron chi connectivity index (χ2n) is 4.70. The predicted molar refractivity (Wildman–Crippen MR) is 88.5 cm³/mol. The Kier molecular flexibility index (Phi) is 6.22. The molecule has 112 valence electrons. The van der Waals surface area contributed by atoms with Crippen molar-refractivity contribution in [1.29, 1.82) is 0 Å². The zero-order valence-electron chi connectivity index (χ0n) is 11.2. The van der Waals surface area contributed by atoms with Crippen LogP contribution in [0.3, 0.4) is 0 Å². The Morgan fingerprint density at radius 3 is 2.80 bits per heavy atom. The van der Waals surface area contributed by atoms with Crippen LogP contribution in [-0.2, 0) is 22.3 Å². The van der Waals surface area contributed by atoms with Gasteiger partial charge in [0, 0.05) is 35.6 Å². The van der Waals surface area contributed by atoms with E-state index in [2.05, 4.69) is 4.72 Å². The Morgan fingerprint density at radius 2 is 2.10 bits per heavy atom. The molecule has 1 fully saturated rings. The molecule has 0 amide bonds. The summed E-state index contributed by atoms with van der Waals surface area (Å²) in [5.41, 5.74) is 7.31. The maximum Gasteiger partial charge on any atom is 0.215 e. The van der Waals surface area contributed by atoms with Crippen LogP contribution in [0.4, 0.5) is 0 Å². The molecular weight excluding hydrogens is 312 g/mol. The fraction of sp³-hybridized carbons (Fsp3) is 0.538. The molecule has 4 nitrogen and oxygen atoms in total. The minimum absolute atomic E-state index is 0.0192. The first-order valence-electron chi connectivity index (χ1n) is 6.53. The molecule has 3 N–H and O–H groups in total. The van der Waals surface area contributed by atoms with Crippen LogP contribution in [0.1, 0.15) is 11.1 Å². The Hall–Kier alpha value is -0.210. The van der Waals surface area contributed by atoms with Crippen molar-refractivity contribution < 1.29 is 8.42 Å². The van der Waals surface area contributed by atoms with E-state index in [1.54, 1.807) is 0 Å². The van der Waals surface area contributed by atoms with Crippen LogP contribution in [0.25, 0.3) is 0 Å². The molecule has 1 aromatic carbocycles. The van der Waals surface area contributed by atoms with Gasteiger partial charge in [0.2, 0.25) is 10.0 Å². The van der Waals surface area contributed by atoms with Crippen molar-refractivity contribution in [2.24, 2.45) is 5.73 Å². The van der Waals surface area contributed by atoms with Crippen molar-refractivity contribution >= 4 is 33.5 Å². The molecule has 1 unspecified atom stereocenters. The van der Waals surface area contributed by atoms with Crippen LogP contribution in [0.15, 0.2) is 24.3 Å². The van der Waals surface area contributed by atoms with Crippen LogP contribution in [-0.4, -0.2) is 37.5 Å². The minimum atomic E-state index is -3.27. The van der Waals surface area contributed by atoms with E-state index in [1.807, 2.05) is 47.8 Å². The SMILES string of the molecule is NCc1cccc(CS(=O)(=O)NCC2CSCCS2)c1. The summed E-state index contributed by atoms with van der Waals surface area (Å²) in [6.45, 7) is 0.952. The maximum atomic E-state index is 12.1. The second-order valence-corrected chi connectivity index (χ2v) is 9.06. The quantitative estimate of drug-likeness (QED) is 0.824. The molecule has 7 heteroatoms. The Bertz CT molecular complexity index is 528. The lowest BCUT2D eigenvalue weighted by Gasteiger charge is -2.21. The molecule has 0 saturated carbocycles. The highest BCUT2D eigenvalue weighted by atomic mass is 32.2. The van der Waals surface area contributed by atoms with E-state index in [4.69, 9.17) is 5.73 Å². The molecule has 0 spiro atoms. The Labute approximate surface area is 129 Å².